The Bertz CT molecular complexity index is 500. The van der Waals surface area contributed by atoms with Crippen molar-refractivity contribution in [2.75, 3.05) is 11.9 Å². The SMILES string of the molecule is NCCCc1cccc(NC(=O)CC2CC3CCC2C3)c1. The number of aryl methyl sites for hydroxylation is 1. The molecule has 1 amide bonds. The van der Waals surface area contributed by atoms with Crippen LogP contribution < -0.4 is 11.1 Å². The molecule has 2 fully saturated rings. The predicted molar refractivity (Wildman–Crippen MR) is 86.0 cm³/mol. The van der Waals surface area contributed by atoms with Crippen molar-refractivity contribution in [2.45, 2.75) is 44.9 Å². The number of rotatable bonds is 6. The lowest BCUT2D eigenvalue weighted by molar-refractivity contribution is -0.117. The van der Waals surface area contributed by atoms with E-state index in [9.17, 15) is 4.79 Å². The molecule has 2 saturated carbocycles. The Balaban J connectivity index is 1.52. The van der Waals surface area contributed by atoms with Gasteiger partial charge in [-0.05, 0) is 74.1 Å². The van der Waals surface area contributed by atoms with Crippen molar-refractivity contribution in [1.29, 1.82) is 0 Å². The molecule has 1 aromatic rings. The fourth-order valence-electron chi connectivity index (χ4n) is 4.19. The minimum Gasteiger partial charge on any atom is -0.330 e. The van der Waals surface area contributed by atoms with Gasteiger partial charge in [0.1, 0.15) is 0 Å². The van der Waals surface area contributed by atoms with Gasteiger partial charge in [0.25, 0.3) is 0 Å². The Kier molecular flexibility index (Phi) is 4.59. The molecule has 114 valence electrons. The molecule has 3 unspecified atom stereocenters. The molecule has 1 aromatic carbocycles. The molecule has 21 heavy (non-hydrogen) atoms. The zero-order chi connectivity index (χ0) is 14.7. The number of carbonyl (C=O) groups is 1. The Morgan fingerprint density at radius 1 is 1.29 bits per heavy atom. The minimum absolute atomic E-state index is 0.184. The standard InChI is InChI=1S/C18H26N2O/c19-8-2-4-13-3-1-5-17(11-13)20-18(21)12-16-10-14-6-7-15(16)9-14/h1,3,5,11,14-16H,2,4,6-10,12,19H2,(H,20,21). The normalized spacial score (nSPS) is 27.0. The molecule has 0 heterocycles. The Morgan fingerprint density at radius 2 is 2.19 bits per heavy atom. The van der Waals surface area contributed by atoms with E-state index in [0.717, 1.165) is 30.4 Å². The third kappa shape index (κ3) is 3.65. The average molecular weight is 286 g/mol. The molecule has 3 N–H and O–H groups in total. The molecule has 0 aliphatic heterocycles. The molecular weight excluding hydrogens is 260 g/mol. The summed E-state index contributed by atoms with van der Waals surface area (Å²) in [5.74, 6) is 2.54. The van der Waals surface area contributed by atoms with E-state index in [2.05, 4.69) is 17.4 Å². The minimum atomic E-state index is 0.184. The lowest BCUT2D eigenvalue weighted by Crippen LogP contribution is -2.20. The lowest BCUT2D eigenvalue weighted by Gasteiger charge is -2.21. The largest absolute Gasteiger partial charge is 0.330 e. The summed E-state index contributed by atoms with van der Waals surface area (Å²) >= 11 is 0. The highest BCUT2D eigenvalue weighted by molar-refractivity contribution is 5.91. The maximum absolute atomic E-state index is 12.2. The van der Waals surface area contributed by atoms with Crippen LogP contribution in [0.5, 0.6) is 0 Å². The number of fused-ring (bicyclic) bond motifs is 2. The van der Waals surface area contributed by atoms with Crippen LogP contribution in [0.4, 0.5) is 5.69 Å². The van der Waals surface area contributed by atoms with Crippen molar-refractivity contribution in [2.24, 2.45) is 23.5 Å². The van der Waals surface area contributed by atoms with Crippen molar-refractivity contribution in [3.05, 3.63) is 29.8 Å². The van der Waals surface area contributed by atoms with Gasteiger partial charge in [-0.2, -0.15) is 0 Å². The summed E-state index contributed by atoms with van der Waals surface area (Å²) in [6.45, 7) is 0.709. The second-order valence-electron chi connectivity index (χ2n) is 6.78. The Labute approximate surface area is 127 Å². The molecule has 3 nitrogen and oxygen atoms in total. The summed E-state index contributed by atoms with van der Waals surface area (Å²) in [5, 5.41) is 3.07. The number of benzene rings is 1. The van der Waals surface area contributed by atoms with Gasteiger partial charge in [-0.15, -0.1) is 0 Å². The van der Waals surface area contributed by atoms with Crippen LogP contribution in [0.25, 0.3) is 0 Å². The summed E-state index contributed by atoms with van der Waals surface area (Å²) in [7, 11) is 0. The van der Waals surface area contributed by atoms with Gasteiger partial charge < -0.3 is 11.1 Å². The van der Waals surface area contributed by atoms with E-state index in [1.165, 1.54) is 31.2 Å². The van der Waals surface area contributed by atoms with Gasteiger partial charge in [0.15, 0.2) is 0 Å². The lowest BCUT2D eigenvalue weighted by atomic mass is 9.86. The monoisotopic (exact) mass is 286 g/mol. The number of anilines is 1. The second kappa shape index (κ2) is 6.61. The highest BCUT2D eigenvalue weighted by atomic mass is 16.1. The first-order valence-electron chi connectivity index (χ1n) is 8.33. The zero-order valence-electron chi connectivity index (χ0n) is 12.7. The maximum atomic E-state index is 12.2. The first kappa shape index (κ1) is 14.6. The smallest absolute Gasteiger partial charge is 0.224 e. The topological polar surface area (TPSA) is 55.1 Å². The average Bonchev–Trinajstić information content (AvgIpc) is 3.08. The van der Waals surface area contributed by atoms with Gasteiger partial charge in [-0.3, -0.25) is 4.79 Å². The molecule has 0 saturated heterocycles. The van der Waals surface area contributed by atoms with Crippen molar-refractivity contribution in [3.8, 4) is 0 Å². The summed E-state index contributed by atoms with van der Waals surface area (Å²) < 4.78 is 0. The zero-order valence-corrected chi connectivity index (χ0v) is 12.7. The maximum Gasteiger partial charge on any atom is 0.224 e. The van der Waals surface area contributed by atoms with Gasteiger partial charge in [0, 0.05) is 12.1 Å². The van der Waals surface area contributed by atoms with Gasteiger partial charge in [0.2, 0.25) is 5.91 Å². The molecule has 3 rings (SSSR count). The molecule has 3 atom stereocenters. The van der Waals surface area contributed by atoms with Gasteiger partial charge in [-0.25, -0.2) is 0 Å². The van der Waals surface area contributed by atoms with Crippen LogP contribution >= 0.6 is 0 Å². The number of hydrogen-bond acceptors (Lipinski definition) is 2. The van der Waals surface area contributed by atoms with E-state index < -0.39 is 0 Å². The highest BCUT2D eigenvalue weighted by Gasteiger charge is 2.40. The number of nitrogens with two attached hydrogens (primary N) is 1. The van der Waals surface area contributed by atoms with Gasteiger partial charge in [-0.1, -0.05) is 18.6 Å². The van der Waals surface area contributed by atoms with Crippen LogP contribution in [-0.4, -0.2) is 12.5 Å². The van der Waals surface area contributed by atoms with Crippen molar-refractivity contribution < 1.29 is 4.79 Å². The first-order valence-corrected chi connectivity index (χ1v) is 8.33. The molecule has 3 heteroatoms. The first-order chi connectivity index (χ1) is 10.2. The molecule has 2 aliphatic carbocycles. The van der Waals surface area contributed by atoms with Crippen LogP contribution in [0.3, 0.4) is 0 Å². The van der Waals surface area contributed by atoms with Crippen LogP contribution in [0.2, 0.25) is 0 Å². The number of carbonyl (C=O) groups excluding carboxylic acids is 1. The van der Waals surface area contributed by atoms with E-state index in [4.69, 9.17) is 5.73 Å². The highest BCUT2D eigenvalue weighted by Crippen LogP contribution is 2.49. The quantitative estimate of drug-likeness (QED) is 0.842. The fourth-order valence-corrected chi connectivity index (χ4v) is 4.19. The van der Waals surface area contributed by atoms with Crippen molar-refractivity contribution >= 4 is 11.6 Å². The molecule has 0 aromatic heterocycles. The predicted octanol–water partition coefficient (Wildman–Crippen LogP) is 3.34. The summed E-state index contributed by atoms with van der Waals surface area (Å²) in [5.41, 5.74) is 7.72. The van der Waals surface area contributed by atoms with Crippen LogP contribution in [-0.2, 0) is 11.2 Å². The van der Waals surface area contributed by atoms with Crippen molar-refractivity contribution in [1.82, 2.24) is 0 Å². The Morgan fingerprint density at radius 3 is 2.90 bits per heavy atom. The molecule has 2 bridgehead atoms. The summed E-state index contributed by atoms with van der Waals surface area (Å²) in [4.78, 5) is 12.2. The van der Waals surface area contributed by atoms with Crippen LogP contribution in [0, 0.1) is 17.8 Å². The fraction of sp³-hybridized carbons (Fsp3) is 0.611. The number of nitrogens with one attached hydrogen (secondary N) is 1. The van der Waals surface area contributed by atoms with E-state index >= 15 is 0 Å². The van der Waals surface area contributed by atoms with E-state index in [1.807, 2.05) is 12.1 Å². The van der Waals surface area contributed by atoms with Crippen LogP contribution in [0.15, 0.2) is 24.3 Å². The third-order valence-electron chi connectivity index (χ3n) is 5.21. The number of amides is 1. The molecule has 0 spiro atoms. The number of hydrogen-bond donors (Lipinski definition) is 2. The van der Waals surface area contributed by atoms with E-state index in [-0.39, 0.29) is 5.91 Å². The van der Waals surface area contributed by atoms with Gasteiger partial charge >= 0.3 is 0 Å². The molecular formula is C18H26N2O. The summed E-state index contributed by atoms with van der Waals surface area (Å²) in [6, 6.07) is 8.17. The third-order valence-corrected chi connectivity index (χ3v) is 5.21. The Hall–Kier alpha value is -1.35. The summed E-state index contributed by atoms with van der Waals surface area (Å²) in [6.07, 6.45) is 8.05. The van der Waals surface area contributed by atoms with Crippen molar-refractivity contribution in [3.63, 3.8) is 0 Å². The van der Waals surface area contributed by atoms with E-state index in [1.54, 1.807) is 0 Å². The molecule has 2 aliphatic rings. The second-order valence-corrected chi connectivity index (χ2v) is 6.78. The van der Waals surface area contributed by atoms with Crippen LogP contribution in [0.1, 0.15) is 44.1 Å². The van der Waals surface area contributed by atoms with Gasteiger partial charge in [0.05, 0.1) is 0 Å². The molecule has 0 radical (unpaired) electrons. The van der Waals surface area contributed by atoms with E-state index in [0.29, 0.717) is 18.9 Å².